The van der Waals surface area contributed by atoms with Gasteiger partial charge in [-0.1, -0.05) is 18.2 Å². The van der Waals surface area contributed by atoms with E-state index in [4.69, 9.17) is 11.6 Å². The first-order valence-electron chi connectivity index (χ1n) is 9.21. The standard InChI is InChI=1S/C21H20ClF3N2O2/c22-14-19(28)27(17-4-2-1-3-5-17)18-10-12-26(13-11-18)20(29)15-6-8-16(9-7-15)21(23,24)25/h1-9,18H,10-14H2. The number of hydrogen-bond donors (Lipinski definition) is 0. The third-order valence-corrected chi connectivity index (χ3v) is 5.22. The van der Waals surface area contributed by atoms with Gasteiger partial charge in [0, 0.05) is 30.4 Å². The summed E-state index contributed by atoms with van der Waals surface area (Å²) in [4.78, 5) is 28.3. The zero-order valence-corrected chi connectivity index (χ0v) is 16.3. The lowest BCUT2D eigenvalue weighted by atomic mass is 10.0. The molecule has 2 amide bonds. The highest BCUT2D eigenvalue weighted by Crippen LogP contribution is 2.30. The number of halogens is 4. The number of amides is 2. The van der Waals surface area contributed by atoms with Gasteiger partial charge in [0.15, 0.2) is 0 Å². The number of anilines is 1. The largest absolute Gasteiger partial charge is 0.416 e. The molecule has 0 atom stereocenters. The maximum Gasteiger partial charge on any atom is 0.416 e. The molecule has 1 saturated heterocycles. The molecular formula is C21H20ClF3N2O2. The molecule has 0 aromatic heterocycles. The van der Waals surface area contributed by atoms with E-state index in [0.29, 0.717) is 25.9 Å². The Hall–Kier alpha value is -2.54. The SMILES string of the molecule is O=C(c1ccc(C(F)(F)F)cc1)N1CCC(N(C(=O)CCl)c2ccccc2)CC1. The molecule has 1 aliphatic heterocycles. The van der Waals surface area contributed by atoms with Gasteiger partial charge in [0.1, 0.15) is 5.88 Å². The number of carbonyl (C=O) groups is 2. The van der Waals surface area contributed by atoms with Gasteiger partial charge in [-0.3, -0.25) is 9.59 Å². The van der Waals surface area contributed by atoms with Crippen molar-refractivity contribution in [2.24, 2.45) is 0 Å². The number of carbonyl (C=O) groups excluding carboxylic acids is 2. The van der Waals surface area contributed by atoms with Crippen LogP contribution in [0.15, 0.2) is 54.6 Å². The molecule has 3 rings (SSSR count). The molecule has 1 fully saturated rings. The molecule has 0 unspecified atom stereocenters. The Morgan fingerprint density at radius 3 is 2.10 bits per heavy atom. The number of rotatable bonds is 4. The number of benzene rings is 2. The van der Waals surface area contributed by atoms with Crippen molar-refractivity contribution in [1.82, 2.24) is 4.90 Å². The summed E-state index contributed by atoms with van der Waals surface area (Å²) in [5, 5.41) is 0. The average Bonchev–Trinajstić information content (AvgIpc) is 2.74. The molecular weight excluding hydrogens is 405 g/mol. The second-order valence-electron chi connectivity index (χ2n) is 6.83. The van der Waals surface area contributed by atoms with Crippen LogP contribution in [0, 0.1) is 0 Å². The van der Waals surface area contributed by atoms with Crippen molar-refractivity contribution < 1.29 is 22.8 Å². The fourth-order valence-corrected chi connectivity index (χ4v) is 3.65. The number of nitrogens with zero attached hydrogens (tertiary/aromatic N) is 2. The average molecular weight is 425 g/mol. The van der Waals surface area contributed by atoms with Gasteiger partial charge in [-0.2, -0.15) is 13.2 Å². The van der Waals surface area contributed by atoms with Gasteiger partial charge in [-0.25, -0.2) is 0 Å². The first-order valence-corrected chi connectivity index (χ1v) is 9.74. The van der Waals surface area contributed by atoms with Crippen molar-refractivity contribution in [3.05, 3.63) is 65.7 Å². The van der Waals surface area contributed by atoms with Gasteiger partial charge in [-0.05, 0) is 49.2 Å². The molecule has 8 heteroatoms. The zero-order chi connectivity index (χ0) is 21.0. The van der Waals surface area contributed by atoms with E-state index < -0.39 is 11.7 Å². The second kappa shape index (κ2) is 8.86. The van der Waals surface area contributed by atoms with E-state index in [1.54, 1.807) is 9.80 Å². The van der Waals surface area contributed by atoms with E-state index in [1.165, 1.54) is 12.1 Å². The highest BCUT2D eigenvalue weighted by atomic mass is 35.5. The smallest absolute Gasteiger partial charge is 0.338 e. The molecule has 0 aliphatic carbocycles. The number of likely N-dealkylation sites (tertiary alicyclic amines) is 1. The van der Waals surface area contributed by atoms with Crippen LogP contribution in [0.2, 0.25) is 0 Å². The summed E-state index contributed by atoms with van der Waals surface area (Å²) in [6.45, 7) is 0.812. The fourth-order valence-electron chi connectivity index (χ4n) is 3.52. The Bertz CT molecular complexity index is 848. The zero-order valence-electron chi connectivity index (χ0n) is 15.5. The van der Waals surface area contributed by atoms with Gasteiger partial charge < -0.3 is 9.80 Å². The Morgan fingerprint density at radius 1 is 1.00 bits per heavy atom. The third-order valence-electron chi connectivity index (χ3n) is 4.99. The van der Waals surface area contributed by atoms with E-state index >= 15 is 0 Å². The van der Waals surface area contributed by atoms with Gasteiger partial charge in [0.25, 0.3) is 5.91 Å². The van der Waals surface area contributed by atoms with Gasteiger partial charge in [-0.15, -0.1) is 11.6 Å². The van der Waals surface area contributed by atoms with Crippen molar-refractivity contribution in [2.45, 2.75) is 25.1 Å². The van der Waals surface area contributed by atoms with Crippen LogP contribution in [0.5, 0.6) is 0 Å². The molecule has 4 nitrogen and oxygen atoms in total. The lowest BCUT2D eigenvalue weighted by molar-refractivity contribution is -0.137. The molecule has 0 N–H and O–H groups in total. The molecule has 29 heavy (non-hydrogen) atoms. The minimum Gasteiger partial charge on any atom is -0.338 e. The van der Waals surface area contributed by atoms with Crippen molar-refractivity contribution in [2.75, 3.05) is 23.9 Å². The monoisotopic (exact) mass is 424 g/mol. The number of alkyl halides is 4. The van der Waals surface area contributed by atoms with Crippen LogP contribution in [0.1, 0.15) is 28.8 Å². The molecule has 0 bridgehead atoms. The predicted molar refractivity (Wildman–Crippen MR) is 105 cm³/mol. The fraction of sp³-hybridized carbons (Fsp3) is 0.333. The molecule has 2 aromatic rings. The van der Waals surface area contributed by atoms with Crippen LogP contribution in [0.25, 0.3) is 0 Å². The maximum absolute atomic E-state index is 12.7. The van der Waals surface area contributed by atoms with Crippen LogP contribution in [0.3, 0.4) is 0 Å². The van der Waals surface area contributed by atoms with Crippen LogP contribution >= 0.6 is 11.6 Å². The molecule has 154 valence electrons. The summed E-state index contributed by atoms with van der Waals surface area (Å²) < 4.78 is 38.1. The van der Waals surface area contributed by atoms with Crippen LogP contribution in [-0.2, 0) is 11.0 Å². The maximum atomic E-state index is 12.7. The summed E-state index contributed by atoms with van der Waals surface area (Å²) >= 11 is 5.78. The predicted octanol–water partition coefficient (Wildman–Crippen LogP) is 4.58. The van der Waals surface area contributed by atoms with Gasteiger partial charge in [0.05, 0.1) is 5.56 Å². The lowest BCUT2D eigenvalue weighted by Gasteiger charge is -2.38. The van der Waals surface area contributed by atoms with E-state index in [-0.39, 0.29) is 29.3 Å². The summed E-state index contributed by atoms with van der Waals surface area (Å²) in [6, 6.07) is 13.3. The Morgan fingerprint density at radius 2 is 1.59 bits per heavy atom. The van der Waals surface area contributed by atoms with Crippen LogP contribution in [-0.4, -0.2) is 41.7 Å². The molecule has 2 aromatic carbocycles. The quantitative estimate of drug-likeness (QED) is 0.674. The Balaban J connectivity index is 1.67. The summed E-state index contributed by atoms with van der Waals surface area (Å²) in [6.07, 6.45) is -3.32. The third kappa shape index (κ3) is 4.90. The Kier molecular flexibility index (Phi) is 6.47. The topological polar surface area (TPSA) is 40.6 Å². The van der Waals surface area contributed by atoms with Crippen molar-refractivity contribution in [3.63, 3.8) is 0 Å². The summed E-state index contributed by atoms with van der Waals surface area (Å²) in [7, 11) is 0. The van der Waals surface area contributed by atoms with Crippen LogP contribution in [0.4, 0.5) is 18.9 Å². The minimum atomic E-state index is -4.43. The van der Waals surface area contributed by atoms with E-state index in [2.05, 4.69) is 0 Å². The molecule has 1 aliphatic rings. The number of hydrogen-bond acceptors (Lipinski definition) is 2. The van der Waals surface area contributed by atoms with Crippen molar-refractivity contribution in [3.8, 4) is 0 Å². The first-order chi connectivity index (χ1) is 13.8. The molecule has 0 radical (unpaired) electrons. The van der Waals surface area contributed by atoms with Gasteiger partial charge >= 0.3 is 6.18 Å². The van der Waals surface area contributed by atoms with E-state index in [9.17, 15) is 22.8 Å². The highest BCUT2D eigenvalue weighted by Gasteiger charge is 2.32. The Labute approximate surface area is 171 Å². The van der Waals surface area contributed by atoms with E-state index in [0.717, 1.165) is 17.8 Å². The van der Waals surface area contributed by atoms with Gasteiger partial charge in [0.2, 0.25) is 5.91 Å². The number of piperidine rings is 1. The minimum absolute atomic E-state index is 0.0969. The van der Waals surface area contributed by atoms with Crippen molar-refractivity contribution in [1.29, 1.82) is 0 Å². The molecule has 0 spiro atoms. The molecule has 1 heterocycles. The molecule has 0 saturated carbocycles. The van der Waals surface area contributed by atoms with E-state index in [1.807, 2.05) is 30.3 Å². The second-order valence-corrected chi connectivity index (χ2v) is 7.10. The summed E-state index contributed by atoms with van der Waals surface area (Å²) in [5.41, 5.74) is 0.185. The normalized spacial score (nSPS) is 15.2. The first kappa shape index (κ1) is 21.2. The number of para-hydroxylation sites is 1. The lowest BCUT2D eigenvalue weighted by Crippen LogP contribution is -2.49. The van der Waals surface area contributed by atoms with Crippen LogP contribution < -0.4 is 4.90 Å². The summed E-state index contributed by atoms with van der Waals surface area (Å²) in [5.74, 6) is -0.656. The highest BCUT2D eigenvalue weighted by molar-refractivity contribution is 6.29. The van der Waals surface area contributed by atoms with Crippen molar-refractivity contribution >= 4 is 29.1 Å².